The first-order valence-corrected chi connectivity index (χ1v) is 9.00. The average Bonchev–Trinajstić information content (AvgIpc) is 2.41. The standard InChI is InChI=1S/C18H35N3O3/c1-11(2)10-24-13(5)17(22)19-14-8-15(9-14)20-18(23)16(12(3)4)21(6)7/h11-16H,8-10H2,1-7H3,(H,19,22)(H,20,23)/t13?,14?,15?,16-/m1/s1. The minimum absolute atomic E-state index is 0.0680. The number of carbonyl (C=O) groups excluding carboxylic acids is 2. The van der Waals surface area contributed by atoms with E-state index in [0.717, 1.165) is 12.8 Å². The quantitative estimate of drug-likeness (QED) is 0.665. The molecule has 0 bridgehead atoms. The van der Waals surface area contributed by atoms with E-state index in [0.29, 0.717) is 12.5 Å². The molecule has 6 heteroatoms. The summed E-state index contributed by atoms with van der Waals surface area (Å²) in [7, 11) is 3.85. The molecule has 1 aliphatic carbocycles. The molecule has 1 aliphatic rings. The molecule has 2 N–H and O–H groups in total. The zero-order valence-corrected chi connectivity index (χ0v) is 16.3. The van der Waals surface area contributed by atoms with Gasteiger partial charge in [-0.15, -0.1) is 0 Å². The Hall–Kier alpha value is -1.14. The Morgan fingerprint density at radius 3 is 1.92 bits per heavy atom. The van der Waals surface area contributed by atoms with Gasteiger partial charge in [0, 0.05) is 18.7 Å². The van der Waals surface area contributed by atoms with E-state index in [1.165, 1.54) is 0 Å². The second-order valence-corrected chi connectivity index (χ2v) is 7.90. The highest BCUT2D eigenvalue weighted by Gasteiger charge is 2.34. The van der Waals surface area contributed by atoms with Crippen molar-refractivity contribution < 1.29 is 14.3 Å². The SMILES string of the molecule is CC(C)COC(C)C(=O)NC1CC(NC(=O)[C@@H](C(C)C)N(C)C)C1. The molecule has 0 aliphatic heterocycles. The van der Waals surface area contributed by atoms with Gasteiger partial charge in [0.25, 0.3) is 0 Å². The Balaban J connectivity index is 2.31. The van der Waals surface area contributed by atoms with Gasteiger partial charge in [-0.2, -0.15) is 0 Å². The zero-order valence-electron chi connectivity index (χ0n) is 16.3. The van der Waals surface area contributed by atoms with Crippen LogP contribution in [0, 0.1) is 11.8 Å². The Bertz CT molecular complexity index is 410. The first kappa shape index (κ1) is 20.9. The lowest BCUT2D eigenvalue weighted by molar-refractivity contribution is -0.134. The van der Waals surface area contributed by atoms with Gasteiger partial charge in [-0.25, -0.2) is 0 Å². The smallest absolute Gasteiger partial charge is 0.249 e. The summed E-state index contributed by atoms with van der Waals surface area (Å²) in [6, 6.07) is 0.156. The van der Waals surface area contributed by atoms with Crippen molar-refractivity contribution in [3.63, 3.8) is 0 Å². The second-order valence-electron chi connectivity index (χ2n) is 7.90. The molecule has 0 spiro atoms. The van der Waals surface area contributed by atoms with E-state index in [-0.39, 0.29) is 35.9 Å². The van der Waals surface area contributed by atoms with Gasteiger partial charge in [0.15, 0.2) is 0 Å². The van der Waals surface area contributed by atoms with Gasteiger partial charge in [-0.05, 0) is 45.7 Å². The fourth-order valence-corrected chi connectivity index (χ4v) is 3.00. The number of carbonyl (C=O) groups is 2. The highest BCUT2D eigenvalue weighted by molar-refractivity contribution is 5.83. The van der Waals surface area contributed by atoms with E-state index in [1.54, 1.807) is 6.92 Å². The number of ether oxygens (including phenoxy) is 1. The first-order chi connectivity index (χ1) is 11.1. The second kappa shape index (κ2) is 9.37. The summed E-state index contributed by atoms with van der Waals surface area (Å²) in [5.74, 6) is 0.667. The van der Waals surface area contributed by atoms with Crippen LogP contribution in [0.3, 0.4) is 0 Å². The van der Waals surface area contributed by atoms with Gasteiger partial charge in [0.05, 0.1) is 6.04 Å². The van der Waals surface area contributed by atoms with Gasteiger partial charge < -0.3 is 15.4 Å². The van der Waals surface area contributed by atoms with Gasteiger partial charge >= 0.3 is 0 Å². The number of likely N-dealkylation sites (N-methyl/N-ethyl adjacent to an activating group) is 1. The molecule has 1 saturated carbocycles. The molecule has 0 aromatic heterocycles. The normalized spacial score (nSPS) is 23.1. The third kappa shape index (κ3) is 6.40. The van der Waals surface area contributed by atoms with Crippen LogP contribution in [0.2, 0.25) is 0 Å². The molecular formula is C18H35N3O3. The van der Waals surface area contributed by atoms with Crippen molar-refractivity contribution in [2.45, 2.75) is 71.7 Å². The minimum atomic E-state index is -0.430. The number of rotatable bonds is 9. The molecule has 0 aromatic carbocycles. The molecule has 140 valence electrons. The van der Waals surface area contributed by atoms with Crippen LogP contribution in [-0.2, 0) is 14.3 Å². The predicted octanol–water partition coefficient (Wildman–Crippen LogP) is 1.40. The van der Waals surface area contributed by atoms with Crippen molar-refractivity contribution >= 4 is 11.8 Å². The molecule has 0 radical (unpaired) electrons. The van der Waals surface area contributed by atoms with Gasteiger partial charge in [-0.3, -0.25) is 14.5 Å². The molecule has 24 heavy (non-hydrogen) atoms. The van der Waals surface area contributed by atoms with Crippen molar-refractivity contribution in [2.75, 3.05) is 20.7 Å². The average molecular weight is 341 g/mol. The van der Waals surface area contributed by atoms with Crippen molar-refractivity contribution in [3.05, 3.63) is 0 Å². The maximum absolute atomic E-state index is 12.4. The number of hydrogen-bond donors (Lipinski definition) is 2. The fraction of sp³-hybridized carbons (Fsp3) is 0.889. The summed E-state index contributed by atoms with van der Waals surface area (Å²) in [6.45, 7) is 10.6. The van der Waals surface area contributed by atoms with Crippen molar-refractivity contribution in [1.29, 1.82) is 0 Å². The summed E-state index contributed by atoms with van der Waals surface area (Å²) in [5.41, 5.74) is 0. The lowest BCUT2D eigenvalue weighted by Crippen LogP contribution is -2.58. The predicted molar refractivity (Wildman–Crippen MR) is 95.7 cm³/mol. The molecule has 0 heterocycles. The molecular weight excluding hydrogens is 306 g/mol. The number of hydrogen-bond acceptors (Lipinski definition) is 4. The largest absolute Gasteiger partial charge is 0.368 e. The Morgan fingerprint density at radius 1 is 1.00 bits per heavy atom. The van der Waals surface area contributed by atoms with Crippen LogP contribution in [0.25, 0.3) is 0 Å². The number of amides is 2. The van der Waals surface area contributed by atoms with Crippen LogP contribution in [0.5, 0.6) is 0 Å². The van der Waals surface area contributed by atoms with Crippen molar-refractivity contribution in [2.24, 2.45) is 11.8 Å². The van der Waals surface area contributed by atoms with Crippen LogP contribution >= 0.6 is 0 Å². The molecule has 1 rings (SSSR count). The van der Waals surface area contributed by atoms with Crippen molar-refractivity contribution in [1.82, 2.24) is 15.5 Å². The maximum Gasteiger partial charge on any atom is 0.249 e. The molecule has 6 nitrogen and oxygen atoms in total. The summed E-state index contributed by atoms with van der Waals surface area (Å²) < 4.78 is 5.52. The minimum Gasteiger partial charge on any atom is -0.368 e. The van der Waals surface area contributed by atoms with E-state index in [1.807, 2.05) is 32.8 Å². The monoisotopic (exact) mass is 341 g/mol. The van der Waals surface area contributed by atoms with Crippen LogP contribution in [0.1, 0.15) is 47.5 Å². The number of nitrogens with zero attached hydrogens (tertiary/aromatic N) is 1. The molecule has 0 aromatic rings. The van der Waals surface area contributed by atoms with Crippen LogP contribution in [-0.4, -0.2) is 61.6 Å². The van der Waals surface area contributed by atoms with Gasteiger partial charge in [0.2, 0.25) is 11.8 Å². The van der Waals surface area contributed by atoms with Gasteiger partial charge in [0.1, 0.15) is 6.10 Å². The molecule has 2 atom stereocenters. The first-order valence-electron chi connectivity index (χ1n) is 9.00. The third-order valence-electron chi connectivity index (χ3n) is 4.34. The fourth-order valence-electron chi connectivity index (χ4n) is 3.00. The summed E-state index contributed by atoms with van der Waals surface area (Å²) in [5, 5.41) is 6.08. The van der Waals surface area contributed by atoms with Crippen LogP contribution < -0.4 is 10.6 Å². The van der Waals surface area contributed by atoms with E-state index < -0.39 is 6.10 Å². The molecule has 1 fully saturated rings. The summed E-state index contributed by atoms with van der Waals surface area (Å²) in [6.07, 6.45) is 1.14. The van der Waals surface area contributed by atoms with Crippen LogP contribution in [0.15, 0.2) is 0 Å². The molecule has 2 amide bonds. The lowest BCUT2D eigenvalue weighted by Gasteiger charge is -2.38. The van der Waals surface area contributed by atoms with E-state index in [2.05, 4.69) is 24.5 Å². The van der Waals surface area contributed by atoms with E-state index in [9.17, 15) is 9.59 Å². The Morgan fingerprint density at radius 2 is 1.50 bits per heavy atom. The highest BCUT2D eigenvalue weighted by Crippen LogP contribution is 2.21. The third-order valence-corrected chi connectivity index (χ3v) is 4.34. The van der Waals surface area contributed by atoms with E-state index in [4.69, 9.17) is 4.74 Å². The Kier molecular flexibility index (Phi) is 8.16. The highest BCUT2D eigenvalue weighted by atomic mass is 16.5. The van der Waals surface area contributed by atoms with E-state index >= 15 is 0 Å². The molecule has 1 unspecified atom stereocenters. The Labute approximate surface area is 146 Å². The zero-order chi connectivity index (χ0) is 18.4. The topological polar surface area (TPSA) is 70.7 Å². The summed E-state index contributed by atoms with van der Waals surface area (Å²) in [4.78, 5) is 26.3. The summed E-state index contributed by atoms with van der Waals surface area (Å²) >= 11 is 0. The number of nitrogens with one attached hydrogen (secondary N) is 2. The lowest BCUT2D eigenvalue weighted by atomic mass is 9.86. The maximum atomic E-state index is 12.4. The van der Waals surface area contributed by atoms with Crippen LogP contribution in [0.4, 0.5) is 0 Å². The van der Waals surface area contributed by atoms with Gasteiger partial charge in [-0.1, -0.05) is 27.7 Å². The molecule has 0 saturated heterocycles. The van der Waals surface area contributed by atoms with Crippen molar-refractivity contribution in [3.8, 4) is 0 Å².